The highest BCUT2D eigenvalue weighted by atomic mass is 35.5. The van der Waals surface area contributed by atoms with Crippen molar-refractivity contribution >= 4 is 11.6 Å². The minimum Gasteiger partial charge on any atom is -0.493 e. The van der Waals surface area contributed by atoms with Crippen LogP contribution in [-0.2, 0) is 6.42 Å². The minimum atomic E-state index is 0.350. The Balaban J connectivity index is 1.78. The zero-order chi connectivity index (χ0) is 13.9. The molecular weight excluding hydrogens is 274 g/mol. The molecule has 1 atom stereocenters. The Morgan fingerprint density at radius 1 is 1.20 bits per heavy atom. The molecule has 1 heterocycles. The zero-order valence-corrected chi connectivity index (χ0v) is 12.7. The first kappa shape index (κ1) is 14.0. The second-order valence-corrected chi connectivity index (χ2v) is 6.17. The Morgan fingerprint density at radius 3 is 2.65 bits per heavy atom. The normalized spacial score (nSPS) is 22.6. The molecule has 2 fully saturated rings. The molecule has 1 N–H and O–H groups in total. The first-order valence-corrected chi connectivity index (χ1v) is 7.90. The molecule has 0 radical (unpaired) electrons. The molecule has 1 aromatic carbocycles. The number of benzene rings is 1. The van der Waals surface area contributed by atoms with Gasteiger partial charge >= 0.3 is 0 Å². The Labute approximate surface area is 125 Å². The summed E-state index contributed by atoms with van der Waals surface area (Å²) in [5.41, 5.74) is 1.15. The summed E-state index contributed by atoms with van der Waals surface area (Å²) in [4.78, 5) is 0. The van der Waals surface area contributed by atoms with Crippen LogP contribution < -0.4 is 14.8 Å². The van der Waals surface area contributed by atoms with Gasteiger partial charge in [0.2, 0.25) is 0 Å². The molecule has 4 heteroatoms. The first-order chi connectivity index (χ1) is 9.76. The van der Waals surface area contributed by atoms with Gasteiger partial charge < -0.3 is 14.8 Å². The summed E-state index contributed by atoms with van der Waals surface area (Å²) in [6.07, 6.45) is 7.34. The lowest BCUT2D eigenvalue weighted by atomic mass is 9.96. The third kappa shape index (κ3) is 3.04. The molecule has 110 valence electrons. The number of nitrogens with one attached hydrogen (secondary N) is 1. The van der Waals surface area contributed by atoms with Crippen LogP contribution in [0.15, 0.2) is 12.1 Å². The Hall–Kier alpha value is -0.930. The topological polar surface area (TPSA) is 30.5 Å². The fraction of sp³-hybridized carbons (Fsp3) is 0.625. The van der Waals surface area contributed by atoms with E-state index in [0.29, 0.717) is 12.1 Å². The van der Waals surface area contributed by atoms with Gasteiger partial charge in [0.05, 0.1) is 13.2 Å². The molecule has 1 aliphatic carbocycles. The highest BCUT2D eigenvalue weighted by Crippen LogP contribution is 2.37. The van der Waals surface area contributed by atoms with Crippen LogP contribution in [0.4, 0.5) is 0 Å². The van der Waals surface area contributed by atoms with E-state index >= 15 is 0 Å². The molecule has 1 aliphatic heterocycles. The Kier molecular flexibility index (Phi) is 4.37. The van der Waals surface area contributed by atoms with Crippen molar-refractivity contribution in [3.8, 4) is 11.5 Å². The van der Waals surface area contributed by atoms with Crippen LogP contribution in [0.1, 0.15) is 37.7 Å². The Bertz CT molecular complexity index is 468. The average Bonchev–Trinajstić information content (AvgIpc) is 2.89. The number of methoxy groups -OCH3 is 1. The number of ether oxygens (including phenoxy) is 2. The van der Waals surface area contributed by atoms with Crippen molar-refractivity contribution in [3.63, 3.8) is 0 Å². The molecular formula is C16H22ClNO2. The molecule has 1 saturated heterocycles. The third-order valence-corrected chi connectivity index (χ3v) is 4.66. The SMILES string of the molecule is COc1cc(Cl)c(CC2CCCN2)cc1OC1CCC1. The van der Waals surface area contributed by atoms with E-state index in [9.17, 15) is 0 Å². The summed E-state index contributed by atoms with van der Waals surface area (Å²) in [6.45, 7) is 1.11. The maximum atomic E-state index is 6.38. The number of hydrogen-bond acceptors (Lipinski definition) is 3. The van der Waals surface area contributed by atoms with Gasteiger partial charge in [-0.25, -0.2) is 0 Å². The van der Waals surface area contributed by atoms with Crippen LogP contribution in [0.25, 0.3) is 0 Å². The maximum absolute atomic E-state index is 6.38. The average molecular weight is 296 g/mol. The monoisotopic (exact) mass is 295 g/mol. The lowest BCUT2D eigenvalue weighted by molar-refractivity contribution is 0.116. The third-order valence-electron chi connectivity index (χ3n) is 4.31. The lowest BCUT2D eigenvalue weighted by Gasteiger charge is -2.27. The van der Waals surface area contributed by atoms with Crippen molar-refractivity contribution in [2.24, 2.45) is 0 Å². The molecule has 3 rings (SSSR count). The van der Waals surface area contributed by atoms with E-state index < -0.39 is 0 Å². The Morgan fingerprint density at radius 2 is 2.05 bits per heavy atom. The van der Waals surface area contributed by atoms with Crippen LogP contribution in [0, 0.1) is 0 Å². The number of rotatable bonds is 5. The molecule has 0 amide bonds. The molecule has 20 heavy (non-hydrogen) atoms. The summed E-state index contributed by atoms with van der Waals surface area (Å²) < 4.78 is 11.4. The second kappa shape index (κ2) is 6.23. The van der Waals surface area contributed by atoms with Crippen LogP contribution in [-0.4, -0.2) is 25.8 Å². The number of halogens is 1. The lowest BCUT2D eigenvalue weighted by Crippen LogP contribution is -2.25. The van der Waals surface area contributed by atoms with Crippen molar-refractivity contribution in [3.05, 3.63) is 22.7 Å². The van der Waals surface area contributed by atoms with E-state index in [4.69, 9.17) is 21.1 Å². The van der Waals surface area contributed by atoms with Crippen LogP contribution >= 0.6 is 11.6 Å². The van der Waals surface area contributed by atoms with Gasteiger partial charge in [-0.1, -0.05) is 11.6 Å². The fourth-order valence-electron chi connectivity index (χ4n) is 2.85. The molecule has 0 aromatic heterocycles. The van der Waals surface area contributed by atoms with Gasteiger partial charge in [-0.15, -0.1) is 0 Å². The van der Waals surface area contributed by atoms with Crippen molar-refractivity contribution in [1.82, 2.24) is 5.32 Å². The van der Waals surface area contributed by atoms with Crippen molar-refractivity contribution in [1.29, 1.82) is 0 Å². The van der Waals surface area contributed by atoms with Gasteiger partial charge in [-0.05, 0) is 56.7 Å². The largest absolute Gasteiger partial charge is 0.493 e. The summed E-state index contributed by atoms with van der Waals surface area (Å²) in [6, 6.07) is 4.50. The van der Waals surface area contributed by atoms with E-state index in [2.05, 4.69) is 11.4 Å². The van der Waals surface area contributed by atoms with Crippen molar-refractivity contribution in [2.45, 2.75) is 50.7 Å². The van der Waals surface area contributed by atoms with E-state index in [1.54, 1.807) is 7.11 Å². The summed E-state index contributed by atoms with van der Waals surface area (Å²) in [5, 5.41) is 4.29. The van der Waals surface area contributed by atoms with Crippen molar-refractivity contribution < 1.29 is 9.47 Å². The maximum Gasteiger partial charge on any atom is 0.162 e. The quantitative estimate of drug-likeness (QED) is 0.901. The summed E-state index contributed by atoms with van der Waals surface area (Å²) in [7, 11) is 1.66. The molecule has 1 unspecified atom stereocenters. The first-order valence-electron chi connectivity index (χ1n) is 7.52. The molecule has 3 nitrogen and oxygen atoms in total. The van der Waals surface area contributed by atoms with Gasteiger partial charge in [-0.2, -0.15) is 0 Å². The summed E-state index contributed by atoms with van der Waals surface area (Å²) >= 11 is 6.38. The number of hydrogen-bond donors (Lipinski definition) is 1. The van der Waals surface area contributed by atoms with E-state index in [1.165, 1.54) is 19.3 Å². The van der Waals surface area contributed by atoms with Crippen LogP contribution in [0.2, 0.25) is 5.02 Å². The molecule has 0 bridgehead atoms. The van der Waals surface area contributed by atoms with Gasteiger partial charge in [0.15, 0.2) is 11.5 Å². The molecule has 1 saturated carbocycles. The summed E-state index contributed by atoms with van der Waals surface area (Å²) in [5.74, 6) is 1.58. The molecule has 2 aliphatic rings. The van der Waals surface area contributed by atoms with E-state index in [0.717, 1.165) is 47.9 Å². The van der Waals surface area contributed by atoms with Gasteiger partial charge in [0.25, 0.3) is 0 Å². The van der Waals surface area contributed by atoms with Crippen molar-refractivity contribution in [2.75, 3.05) is 13.7 Å². The molecule has 1 aromatic rings. The minimum absolute atomic E-state index is 0.350. The fourth-order valence-corrected chi connectivity index (χ4v) is 3.08. The van der Waals surface area contributed by atoms with E-state index in [-0.39, 0.29) is 0 Å². The van der Waals surface area contributed by atoms with Gasteiger partial charge in [-0.3, -0.25) is 0 Å². The van der Waals surface area contributed by atoms with Gasteiger partial charge in [0, 0.05) is 17.1 Å². The highest BCUT2D eigenvalue weighted by molar-refractivity contribution is 6.31. The van der Waals surface area contributed by atoms with Gasteiger partial charge in [0.1, 0.15) is 0 Å². The highest BCUT2D eigenvalue weighted by Gasteiger charge is 2.23. The second-order valence-electron chi connectivity index (χ2n) is 5.76. The van der Waals surface area contributed by atoms with E-state index in [1.807, 2.05) is 6.07 Å². The smallest absolute Gasteiger partial charge is 0.162 e. The predicted octanol–water partition coefficient (Wildman–Crippen LogP) is 3.57. The predicted molar refractivity (Wildman–Crippen MR) is 81.0 cm³/mol. The zero-order valence-electron chi connectivity index (χ0n) is 12.0. The molecule has 0 spiro atoms. The van der Waals surface area contributed by atoms with Crippen LogP contribution in [0.5, 0.6) is 11.5 Å². The van der Waals surface area contributed by atoms with Crippen LogP contribution in [0.3, 0.4) is 0 Å². The standard InChI is InChI=1S/C16H22ClNO2/c1-19-15-10-14(17)11(8-12-4-3-7-18-12)9-16(15)20-13-5-2-6-13/h9-10,12-13,18H,2-8H2,1H3.